The smallest absolute Gasteiger partial charge is 0.310 e. The molecule has 3 aromatic rings. The van der Waals surface area contributed by atoms with Gasteiger partial charge in [0.15, 0.2) is 4.96 Å². The van der Waals surface area contributed by atoms with Crippen LogP contribution < -0.4 is 5.32 Å². The van der Waals surface area contributed by atoms with Crippen LogP contribution in [0.3, 0.4) is 0 Å². The lowest BCUT2D eigenvalue weighted by atomic mass is 10.2. The van der Waals surface area contributed by atoms with E-state index in [4.69, 9.17) is 0 Å². The number of benzene rings is 1. The summed E-state index contributed by atoms with van der Waals surface area (Å²) in [6, 6.07) is 2.52. The molecule has 0 aliphatic carbocycles. The van der Waals surface area contributed by atoms with Gasteiger partial charge in [-0.1, -0.05) is 38.5 Å². The molecule has 0 saturated carbocycles. The summed E-state index contributed by atoms with van der Waals surface area (Å²) in [6.45, 7) is 3.64. The first kappa shape index (κ1) is 19.6. The minimum Gasteiger partial charge on any atom is -0.347 e. The van der Waals surface area contributed by atoms with Gasteiger partial charge in [-0.05, 0) is 31.0 Å². The average Bonchev–Trinajstić information content (AvgIpc) is 3.06. The first-order valence-corrected chi connectivity index (χ1v) is 10.6. The normalized spacial score (nSPS) is 14.8. The fourth-order valence-corrected chi connectivity index (χ4v) is 4.11. The first-order valence-electron chi connectivity index (χ1n) is 7.87. The Bertz CT molecular complexity index is 1020. The van der Waals surface area contributed by atoms with Crippen molar-refractivity contribution < 1.29 is 24.2 Å². The molecule has 0 fully saturated rings. The maximum absolute atomic E-state index is 12.7. The molecule has 0 bridgehead atoms. The van der Waals surface area contributed by atoms with Gasteiger partial charge < -0.3 is 5.32 Å². The zero-order valence-electron chi connectivity index (χ0n) is 14.3. The average molecular weight is 425 g/mol. The maximum Gasteiger partial charge on any atom is 0.310 e. The summed E-state index contributed by atoms with van der Waals surface area (Å²) in [5, 5.41) is 2.60. The van der Waals surface area contributed by atoms with Crippen LogP contribution in [-0.4, -0.2) is 15.3 Å². The van der Waals surface area contributed by atoms with Crippen molar-refractivity contribution in [3.05, 3.63) is 52.3 Å². The fraction of sp³-hybridized carbons (Fsp3) is 0.250. The molecular weight excluding hydrogens is 409 g/mol. The van der Waals surface area contributed by atoms with Crippen LogP contribution in [0.5, 0.6) is 0 Å². The van der Waals surface area contributed by atoms with Crippen LogP contribution in [-0.2, 0) is 13.0 Å². The van der Waals surface area contributed by atoms with E-state index in [9.17, 15) is 24.2 Å². The Balaban J connectivity index is 1.79. The lowest BCUT2D eigenvalue weighted by Gasteiger charge is -2.40. The lowest BCUT2D eigenvalue weighted by molar-refractivity contribution is 0.0944. The number of imidazole rings is 1. The second-order valence-corrected chi connectivity index (χ2v) is 9.67. The van der Waals surface area contributed by atoms with Gasteiger partial charge in [0, 0.05) is 17.6 Å². The summed E-state index contributed by atoms with van der Waals surface area (Å²) < 4.78 is 65.3. The lowest BCUT2D eigenvalue weighted by Crippen LogP contribution is -2.25. The van der Waals surface area contributed by atoms with Crippen molar-refractivity contribution in [2.45, 2.75) is 31.7 Å². The maximum atomic E-state index is 12.7. The highest BCUT2D eigenvalue weighted by molar-refractivity contribution is 8.45. The molecule has 0 aliphatic rings. The summed E-state index contributed by atoms with van der Waals surface area (Å²) in [5.74, 6) is -0.436. The number of rotatable bonds is 5. The summed E-state index contributed by atoms with van der Waals surface area (Å²) in [5.41, 5.74) is 1.24. The predicted molar refractivity (Wildman–Crippen MR) is 96.2 cm³/mol. The molecule has 0 unspecified atom stereocenters. The van der Waals surface area contributed by atoms with Gasteiger partial charge in [-0.2, -0.15) is 0 Å². The number of amides is 1. The van der Waals surface area contributed by atoms with Crippen molar-refractivity contribution in [3.8, 4) is 0 Å². The molecule has 4 nitrogen and oxygen atoms in total. The van der Waals surface area contributed by atoms with Crippen molar-refractivity contribution in [1.82, 2.24) is 14.7 Å². The molecule has 2 aromatic heterocycles. The molecule has 0 aliphatic heterocycles. The molecular formula is C16H16F5N3OS2. The summed E-state index contributed by atoms with van der Waals surface area (Å²) in [6.07, 6.45) is 2.32. The van der Waals surface area contributed by atoms with Crippen LogP contribution in [0.15, 0.2) is 35.4 Å². The monoisotopic (exact) mass is 425 g/mol. The van der Waals surface area contributed by atoms with Crippen LogP contribution in [0.4, 0.5) is 19.4 Å². The Morgan fingerprint density at radius 3 is 2.37 bits per heavy atom. The quantitative estimate of drug-likeness (QED) is 0.521. The van der Waals surface area contributed by atoms with Gasteiger partial charge >= 0.3 is 10.2 Å². The number of carbonyl (C=O) groups is 1. The van der Waals surface area contributed by atoms with Gasteiger partial charge in [0.25, 0.3) is 5.91 Å². The third kappa shape index (κ3) is 4.08. The SMILES string of the molecule is CCc1nc2sc(C)cn2c1C(=O)NCc1ccc(S(F)(F)(F)(F)F)cc1. The van der Waals surface area contributed by atoms with Gasteiger partial charge in [-0.15, -0.1) is 11.3 Å². The van der Waals surface area contributed by atoms with Crippen LogP contribution in [0.2, 0.25) is 0 Å². The van der Waals surface area contributed by atoms with Crippen LogP contribution >= 0.6 is 21.6 Å². The Morgan fingerprint density at radius 2 is 1.81 bits per heavy atom. The van der Waals surface area contributed by atoms with Crippen molar-refractivity contribution in [2.24, 2.45) is 0 Å². The van der Waals surface area contributed by atoms with Crippen molar-refractivity contribution in [3.63, 3.8) is 0 Å². The molecule has 1 amide bonds. The number of aromatic nitrogens is 2. The highest BCUT2D eigenvalue weighted by atomic mass is 32.5. The second-order valence-electron chi connectivity index (χ2n) is 6.05. The number of nitrogens with one attached hydrogen (secondary N) is 1. The van der Waals surface area contributed by atoms with Gasteiger partial charge in [-0.25, -0.2) is 4.98 Å². The topological polar surface area (TPSA) is 46.4 Å². The zero-order chi connectivity index (χ0) is 20.1. The Labute approximate surface area is 155 Å². The van der Waals surface area contributed by atoms with E-state index in [2.05, 4.69) is 10.3 Å². The summed E-state index contributed by atoms with van der Waals surface area (Å²) in [7, 11) is -9.69. The number of halogens is 5. The molecule has 0 spiro atoms. The van der Waals surface area contributed by atoms with Crippen molar-refractivity contribution in [2.75, 3.05) is 0 Å². The van der Waals surface area contributed by atoms with E-state index >= 15 is 0 Å². The van der Waals surface area contributed by atoms with E-state index in [-0.39, 0.29) is 12.1 Å². The van der Waals surface area contributed by atoms with E-state index in [1.807, 2.05) is 13.8 Å². The first-order chi connectivity index (χ1) is 12.3. The van der Waals surface area contributed by atoms with Gasteiger partial charge in [0.2, 0.25) is 0 Å². The third-order valence-corrected chi connectivity index (χ3v) is 5.95. The van der Waals surface area contributed by atoms with E-state index in [1.54, 1.807) is 10.6 Å². The number of fused-ring (bicyclic) bond motifs is 1. The number of nitrogens with zero attached hydrogens (tertiary/aromatic N) is 2. The third-order valence-electron chi connectivity index (χ3n) is 3.89. The van der Waals surface area contributed by atoms with Crippen molar-refractivity contribution in [1.29, 1.82) is 0 Å². The van der Waals surface area contributed by atoms with Crippen LogP contribution in [0.25, 0.3) is 4.96 Å². The molecule has 0 saturated heterocycles. The van der Waals surface area contributed by atoms with E-state index in [1.165, 1.54) is 11.3 Å². The Hall–Kier alpha value is -2.14. The molecule has 0 radical (unpaired) electrons. The van der Waals surface area contributed by atoms with E-state index < -0.39 is 21.0 Å². The second kappa shape index (κ2) is 5.68. The number of hydrogen-bond acceptors (Lipinski definition) is 3. The van der Waals surface area contributed by atoms with Crippen LogP contribution in [0.1, 0.15) is 33.5 Å². The minimum absolute atomic E-state index is 0.0983. The number of thiazole rings is 1. The largest absolute Gasteiger partial charge is 0.347 e. The fourth-order valence-electron chi connectivity index (χ4n) is 2.62. The predicted octanol–water partition coefficient (Wildman–Crippen LogP) is 5.85. The molecule has 3 rings (SSSR count). The van der Waals surface area contributed by atoms with E-state index in [0.717, 1.165) is 17.0 Å². The molecule has 0 atom stereocenters. The summed E-state index contributed by atoms with van der Waals surface area (Å²) >= 11 is 1.44. The molecule has 11 heteroatoms. The minimum atomic E-state index is -9.69. The van der Waals surface area contributed by atoms with Gasteiger partial charge in [-0.3, -0.25) is 9.20 Å². The number of aryl methyl sites for hydroxylation is 2. The number of hydrogen-bond donors (Lipinski definition) is 1. The Kier molecular flexibility index (Phi) is 4.13. The van der Waals surface area contributed by atoms with Gasteiger partial charge in [0.05, 0.1) is 5.69 Å². The Morgan fingerprint density at radius 1 is 1.19 bits per heavy atom. The molecule has 148 valence electrons. The highest BCUT2D eigenvalue weighted by Gasteiger charge is 2.65. The summed E-state index contributed by atoms with van der Waals surface area (Å²) in [4.78, 5) is 16.6. The highest BCUT2D eigenvalue weighted by Crippen LogP contribution is 3.02. The standard InChI is InChI=1S/C16H16F5N3OS2/c1-3-13-14(24-9-10(2)26-16(24)23-13)15(25)22-8-11-4-6-12(7-5-11)27(17,18,19,20)21/h4-7,9H,3,8H2,1-2H3,(H,22,25). The molecule has 2 heterocycles. The molecule has 1 aromatic carbocycles. The van der Waals surface area contributed by atoms with Crippen molar-refractivity contribution >= 4 is 32.4 Å². The number of carbonyl (C=O) groups excluding carboxylic acids is 1. The van der Waals surface area contributed by atoms with E-state index in [0.29, 0.717) is 34.9 Å². The molecule has 1 N–H and O–H groups in total. The van der Waals surface area contributed by atoms with Gasteiger partial charge in [0.1, 0.15) is 10.6 Å². The molecule has 27 heavy (non-hydrogen) atoms. The zero-order valence-corrected chi connectivity index (χ0v) is 15.9. The van der Waals surface area contributed by atoms with Crippen LogP contribution in [0, 0.1) is 6.92 Å².